The van der Waals surface area contributed by atoms with Crippen LogP contribution in [-0.4, -0.2) is 31.7 Å². The minimum Gasteiger partial charge on any atom is -0.566 e. The van der Waals surface area contributed by atoms with Crippen LogP contribution in [0.4, 0.5) is 10.2 Å². The molecule has 0 aromatic carbocycles. The quantitative estimate of drug-likeness (QED) is 0.269. The molecule has 0 radical (unpaired) electrons. The summed E-state index contributed by atoms with van der Waals surface area (Å²) < 4.78 is 35.7. The van der Waals surface area contributed by atoms with Crippen molar-refractivity contribution < 1.29 is 52.7 Å². The van der Waals surface area contributed by atoms with Gasteiger partial charge in [-0.3, -0.25) is 4.57 Å². The Balaban J connectivity index is 0.00000208. The molecule has 0 aliphatic carbocycles. The average molecular weight is 362 g/mol. The van der Waals surface area contributed by atoms with Gasteiger partial charge in [-0.1, -0.05) is 5.92 Å². The third kappa shape index (κ3) is 3.58. The third-order valence-corrected chi connectivity index (χ3v) is 3.89. The van der Waals surface area contributed by atoms with Gasteiger partial charge in [0.05, 0.1) is 6.33 Å². The molecule has 9 nitrogen and oxygen atoms in total. The van der Waals surface area contributed by atoms with Crippen molar-refractivity contribution in [2.45, 2.75) is 24.7 Å². The van der Waals surface area contributed by atoms with E-state index < -0.39 is 26.2 Å². The van der Waals surface area contributed by atoms with E-state index in [2.05, 4.69) is 25.4 Å². The maximum Gasteiger partial charge on any atom is 1.00 e. The van der Waals surface area contributed by atoms with E-state index >= 15 is 0 Å². The number of terminal acetylenes is 1. The number of nitrogens with two attached hydrogens (primary N) is 1. The predicted octanol–water partition coefficient (Wildman–Crippen LogP) is -2.73. The van der Waals surface area contributed by atoms with Crippen molar-refractivity contribution >= 4 is 25.2 Å². The average Bonchev–Trinajstić information content (AvgIpc) is 3.09. The second-order valence-electron chi connectivity index (χ2n) is 4.95. The third-order valence-electron chi connectivity index (χ3n) is 3.55. The molecule has 2 aromatic heterocycles. The van der Waals surface area contributed by atoms with Crippen LogP contribution in [0, 0.1) is 18.4 Å². The van der Waals surface area contributed by atoms with Crippen molar-refractivity contribution in [3.05, 3.63) is 12.4 Å². The van der Waals surface area contributed by atoms with Gasteiger partial charge in [0, 0.05) is 0 Å². The predicted molar refractivity (Wildman–Crippen MR) is 74.2 cm³/mol. The zero-order valence-electron chi connectivity index (χ0n) is 12.7. The van der Waals surface area contributed by atoms with Crippen LogP contribution in [0.25, 0.3) is 11.2 Å². The van der Waals surface area contributed by atoms with Crippen LogP contribution in [0.3, 0.4) is 0 Å². The fourth-order valence-corrected chi connectivity index (χ4v) is 2.78. The standard InChI is InChI=1S/C12H11FN5O4P.Na/c1-2-12(5-21-23(19)20)4-3-7(22-12)18-6-15-8-9(14)16-11(13)17-10(8)18;/h1,6-7H,3-5H2,(H2,14,16,17);/q;+1/t7-,12?;/m0./s1. The van der Waals surface area contributed by atoms with Crippen LogP contribution in [0.15, 0.2) is 6.33 Å². The van der Waals surface area contributed by atoms with Gasteiger partial charge in [-0.05, 0) is 17.4 Å². The van der Waals surface area contributed by atoms with Crippen molar-refractivity contribution in [3.63, 3.8) is 0 Å². The Bertz CT molecular complexity index is 828. The van der Waals surface area contributed by atoms with Gasteiger partial charge < -0.3 is 15.4 Å². The fraction of sp³-hybridized carbons (Fsp3) is 0.417. The summed E-state index contributed by atoms with van der Waals surface area (Å²) in [6, 6.07) is 0. The molecule has 3 rings (SSSR count). The first kappa shape index (κ1) is 19.1. The second kappa shape index (κ2) is 7.37. The normalized spacial score (nSPS) is 23.7. The molecule has 24 heavy (non-hydrogen) atoms. The second-order valence-corrected chi connectivity index (χ2v) is 5.65. The van der Waals surface area contributed by atoms with E-state index in [0.717, 1.165) is 0 Å². The Hall–Kier alpha value is -1.18. The smallest absolute Gasteiger partial charge is 0.566 e. The minimum absolute atomic E-state index is 0. The number of anilines is 1. The molecule has 2 unspecified atom stereocenters. The van der Waals surface area contributed by atoms with Crippen LogP contribution in [0.5, 0.6) is 0 Å². The number of halogens is 1. The van der Waals surface area contributed by atoms with Crippen molar-refractivity contribution in [1.82, 2.24) is 19.5 Å². The van der Waals surface area contributed by atoms with Crippen LogP contribution >= 0.6 is 8.25 Å². The van der Waals surface area contributed by atoms with Gasteiger partial charge in [0.25, 0.3) is 0 Å². The molecule has 12 heteroatoms. The van der Waals surface area contributed by atoms with Crippen LogP contribution < -0.4 is 40.2 Å². The molecule has 3 atom stereocenters. The monoisotopic (exact) mass is 362 g/mol. The summed E-state index contributed by atoms with van der Waals surface area (Å²) in [7, 11) is -3.03. The Morgan fingerprint density at radius 1 is 1.67 bits per heavy atom. The van der Waals surface area contributed by atoms with E-state index in [1.807, 2.05) is 0 Å². The first-order valence-corrected chi connectivity index (χ1v) is 7.62. The molecule has 0 bridgehead atoms. The number of ether oxygens (including phenoxy) is 1. The summed E-state index contributed by atoms with van der Waals surface area (Å²) in [4.78, 5) is 21.7. The summed E-state index contributed by atoms with van der Waals surface area (Å²) >= 11 is 0. The summed E-state index contributed by atoms with van der Waals surface area (Å²) in [6.07, 6.45) is 6.06. The fourth-order valence-electron chi connectivity index (χ4n) is 2.46. The largest absolute Gasteiger partial charge is 1.00 e. The topological polar surface area (TPSA) is 128 Å². The summed E-state index contributed by atoms with van der Waals surface area (Å²) in [5, 5.41) is 0. The molecule has 2 N–H and O–H groups in total. The molecule has 0 spiro atoms. The van der Waals surface area contributed by atoms with Crippen molar-refractivity contribution in [3.8, 4) is 12.3 Å². The van der Waals surface area contributed by atoms with Crippen LogP contribution in [0.1, 0.15) is 19.1 Å². The van der Waals surface area contributed by atoms with E-state index in [-0.39, 0.29) is 53.1 Å². The molecule has 1 saturated heterocycles. The molecule has 0 saturated carbocycles. The minimum atomic E-state index is -3.03. The van der Waals surface area contributed by atoms with E-state index in [4.69, 9.17) is 16.9 Å². The molecule has 120 valence electrons. The first-order chi connectivity index (χ1) is 10.9. The number of aromatic nitrogens is 4. The number of rotatable bonds is 4. The molecule has 1 aliphatic rings. The number of nitrogen functional groups attached to an aromatic ring is 1. The molecule has 1 fully saturated rings. The van der Waals surface area contributed by atoms with Crippen molar-refractivity contribution in [2.75, 3.05) is 12.3 Å². The zero-order valence-corrected chi connectivity index (χ0v) is 15.6. The molecule has 0 amide bonds. The maximum atomic E-state index is 13.4. The molecule has 2 aromatic rings. The van der Waals surface area contributed by atoms with Crippen LogP contribution in [0.2, 0.25) is 0 Å². The number of imidazole rings is 1. The van der Waals surface area contributed by atoms with Gasteiger partial charge in [-0.25, -0.2) is 4.98 Å². The Morgan fingerprint density at radius 2 is 2.42 bits per heavy atom. The Kier molecular flexibility index (Phi) is 5.88. The number of hydrogen-bond acceptors (Lipinski definition) is 8. The molecule has 3 heterocycles. The van der Waals surface area contributed by atoms with Crippen molar-refractivity contribution in [1.29, 1.82) is 0 Å². The summed E-state index contributed by atoms with van der Waals surface area (Å²) in [6.45, 7) is -0.295. The van der Waals surface area contributed by atoms with E-state index in [1.54, 1.807) is 0 Å². The zero-order chi connectivity index (χ0) is 16.6. The Morgan fingerprint density at radius 3 is 3.08 bits per heavy atom. The van der Waals surface area contributed by atoms with Gasteiger partial charge in [0.15, 0.2) is 22.6 Å². The maximum absolute atomic E-state index is 13.4. The van der Waals surface area contributed by atoms with E-state index in [0.29, 0.717) is 12.8 Å². The molecular weight excluding hydrogens is 351 g/mol. The number of hydrogen-bond donors (Lipinski definition) is 1. The van der Waals surface area contributed by atoms with Crippen LogP contribution in [-0.2, 0) is 13.8 Å². The number of nitrogens with zero attached hydrogens (tertiary/aromatic N) is 4. The molecule has 1 aliphatic heterocycles. The van der Waals surface area contributed by atoms with Gasteiger partial charge >= 0.3 is 43.9 Å². The number of fused-ring (bicyclic) bond motifs is 1. The van der Waals surface area contributed by atoms with E-state index in [9.17, 15) is 13.8 Å². The van der Waals surface area contributed by atoms with Gasteiger partial charge in [-0.15, -0.1) is 10.9 Å². The van der Waals surface area contributed by atoms with E-state index in [1.165, 1.54) is 10.9 Å². The summed E-state index contributed by atoms with van der Waals surface area (Å²) in [5.74, 6) is 2.33. The summed E-state index contributed by atoms with van der Waals surface area (Å²) in [5.41, 5.74) is 4.83. The SMILES string of the molecule is C#CC1(CO[P+](=O)[O-])CC[C@@H](n2cnc3c(N)nc(F)nc32)O1.[Na+]. The van der Waals surface area contributed by atoms with Gasteiger partial charge in [0.2, 0.25) is 0 Å². The Labute approximate surface area is 159 Å². The van der Waals surface area contributed by atoms with Gasteiger partial charge in [0.1, 0.15) is 12.8 Å². The van der Waals surface area contributed by atoms with Crippen molar-refractivity contribution in [2.24, 2.45) is 0 Å². The first-order valence-electron chi connectivity index (χ1n) is 6.52. The van der Waals surface area contributed by atoms with Gasteiger partial charge in [-0.2, -0.15) is 14.4 Å². The molecular formula is C12H11FN5NaO4P+.